The first-order valence-electron chi connectivity index (χ1n) is 8.39. The molecule has 1 amide bonds. The van der Waals surface area contributed by atoms with Gasteiger partial charge in [-0.1, -0.05) is 54.6 Å². The number of hydrogen-bond acceptors (Lipinski definition) is 4. The number of halogens is 3. The summed E-state index contributed by atoms with van der Waals surface area (Å²) in [5, 5.41) is 9.26. The van der Waals surface area contributed by atoms with Crippen molar-refractivity contribution in [3.05, 3.63) is 78.4 Å². The highest BCUT2D eigenvalue weighted by Gasteiger charge is 2.39. The number of carbonyl (C=O) groups is 1. The Morgan fingerprint density at radius 2 is 1.75 bits per heavy atom. The van der Waals surface area contributed by atoms with E-state index in [2.05, 4.69) is 11.6 Å². The molecule has 2 N–H and O–H groups in total. The molecule has 5 nitrogen and oxygen atoms in total. The lowest BCUT2D eigenvalue weighted by Crippen LogP contribution is -2.47. The number of hydrogen-bond donors (Lipinski definition) is 2. The lowest BCUT2D eigenvalue weighted by Gasteiger charge is -2.25. The number of fused-ring (bicyclic) bond motifs is 1. The highest BCUT2D eigenvalue weighted by atomic mass is 19.4. The second kappa shape index (κ2) is 9.29. The molecule has 148 valence electrons. The molecule has 0 saturated heterocycles. The number of carbonyl (C=O) groups excluding carboxylic acids is 1. The molecule has 0 saturated carbocycles. The maximum absolute atomic E-state index is 13.0. The highest BCUT2D eigenvalue weighted by Crippen LogP contribution is 2.30. The molecule has 1 atom stereocenters. The zero-order chi connectivity index (χ0) is 20.7. The number of nitrogens with zero attached hydrogens (tertiary/aromatic N) is 2. The summed E-state index contributed by atoms with van der Waals surface area (Å²) in [6.07, 6.45) is -4.38. The largest absolute Gasteiger partial charge is 0.406 e. The molecule has 2 aromatic rings. The van der Waals surface area contributed by atoms with Crippen LogP contribution in [0.25, 0.3) is 0 Å². The van der Waals surface area contributed by atoms with E-state index >= 15 is 0 Å². The average Bonchev–Trinajstić information content (AvgIpc) is 2.78. The van der Waals surface area contributed by atoms with Crippen molar-refractivity contribution in [1.82, 2.24) is 5.48 Å². The van der Waals surface area contributed by atoms with Crippen LogP contribution in [0.2, 0.25) is 0 Å². The van der Waals surface area contributed by atoms with Gasteiger partial charge in [-0.05, 0) is 13.0 Å². The summed E-state index contributed by atoms with van der Waals surface area (Å²) in [5.41, 5.74) is 3.11. The first-order valence-corrected chi connectivity index (χ1v) is 8.39. The number of anilines is 1. The molecule has 0 fully saturated rings. The summed E-state index contributed by atoms with van der Waals surface area (Å²) in [4.78, 5) is 17.2. The molecule has 0 bridgehead atoms. The van der Waals surface area contributed by atoms with Gasteiger partial charge in [0.1, 0.15) is 6.54 Å². The Balaban J connectivity index is 0.000000878. The number of alkyl halides is 3. The molecular formula is C20H20F3N3O2. The first-order chi connectivity index (χ1) is 13.3. The third-order valence-electron chi connectivity index (χ3n) is 3.72. The van der Waals surface area contributed by atoms with Gasteiger partial charge in [0.2, 0.25) is 6.17 Å². The van der Waals surface area contributed by atoms with Crippen LogP contribution in [0.5, 0.6) is 0 Å². The second-order valence-electron chi connectivity index (χ2n) is 5.84. The van der Waals surface area contributed by atoms with Crippen molar-refractivity contribution >= 4 is 17.3 Å². The van der Waals surface area contributed by atoms with Crippen LogP contribution >= 0.6 is 0 Å². The lowest BCUT2D eigenvalue weighted by atomic mass is 10.0. The van der Waals surface area contributed by atoms with E-state index in [0.717, 1.165) is 0 Å². The Hall–Kier alpha value is -2.97. The fourth-order valence-corrected chi connectivity index (χ4v) is 2.68. The molecule has 0 spiro atoms. The maximum Gasteiger partial charge on any atom is 0.406 e. The molecule has 28 heavy (non-hydrogen) atoms. The summed E-state index contributed by atoms with van der Waals surface area (Å²) < 4.78 is 38.9. The standard InChI is InChI=1S/C17H14F3N3O2.C3H6/c18-17(19,20)10-23-13-9-5-4-8-12(13)14(11-6-2-1-3-7-11)21-15(22-25)16(23)24;1-3-2/h1-9,15,22,25H,10H2;3H,1H2,2H3/t15-;/m1./s1. The molecule has 1 aliphatic heterocycles. The van der Waals surface area contributed by atoms with Gasteiger partial charge in [0, 0.05) is 11.1 Å². The number of amides is 1. The monoisotopic (exact) mass is 391 g/mol. The Kier molecular flexibility index (Phi) is 7.08. The van der Waals surface area contributed by atoms with Crippen molar-refractivity contribution in [2.75, 3.05) is 11.4 Å². The predicted molar refractivity (Wildman–Crippen MR) is 102 cm³/mol. The smallest absolute Gasteiger partial charge is 0.314 e. The van der Waals surface area contributed by atoms with Crippen LogP contribution in [0.3, 0.4) is 0 Å². The van der Waals surface area contributed by atoms with Gasteiger partial charge in [-0.25, -0.2) is 0 Å². The van der Waals surface area contributed by atoms with E-state index in [1.165, 1.54) is 6.07 Å². The summed E-state index contributed by atoms with van der Waals surface area (Å²) in [6, 6.07) is 15.0. The quantitative estimate of drug-likeness (QED) is 0.616. The van der Waals surface area contributed by atoms with Crippen molar-refractivity contribution in [2.24, 2.45) is 4.99 Å². The summed E-state index contributed by atoms with van der Waals surface area (Å²) >= 11 is 0. The zero-order valence-corrected chi connectivity index (χ0v) is 15.1. The number of allylic oxidation sites excluding steroid dienone is 1. The van der Waals surface area contributed by atoms with E-state index in [0.29, 0.717) is 21.7 Å². The van der Waals surface area contributed by atoms with Crippen molar-refractivity contribution in [3.8, 4) is 0 Å². The minimum absolute atomic E-state index is 0.0881. The van der Waals surface area contributed by atoms with Gasteiger partial charge < -0.3 is 5.21 Å². The average molecular weight is 391 g/mol. The Morgan fingerprint density at radius 1 is 1.18 bits per heavy atom. The molecule has 1 heterocycles. The van der Waals surface area contributed by atoms with Crippen LogP contribution in [-0.2, 0) is 4.79 Å². The fraction of sp³-hybridized carbons (Fsp3) is 0.200. The summed E-state index contributed by atoms with van der Waals surface area (Å²) in [6.45, 7) is 3.78. The molecule has 2 aromatic carbocycles. The second-order valence-corrected chi connectivity index (χ2v) is 5.84. The number of para-hydroxylation sites is 1. The molecule has 1 aliphatic rings. The third-order valence-corrected chi connectivity index (χ3v) is 3.72. The van der Waals surface area contributed by atoms with Crippen LogP contribution in [0.1, 0.15) is 18.1 Å². The third kappa shape index (κ3) is 5.05. The van der Waals surface area contributed by atoms with Crippen molar-refractivity contribution in [2.45, 2.75) is 19.3 Å². The molecule has 8 heteroatoms. The Morgan fingerprint density at radius 3 is 2.32 bits per heavy atom. The SMILES string of the molecule is C=CC.O=C1[C@@H](NO)N=C(c2ccccc2)c2ccccc2N1CC(F)(F)F. The Labute approximate surface area is 160 Å². The van der Waals surface area contributed by atoms with Gasteiger partial charge in [-0.15, -0.1) is 6.58 Å². The van der Waals surface area contributed by atoms with Crippen LogP contribution in [0.15, 0.2) is 72.2 Å². The number of hydroxylamine groups is 1. The van der Waals surface area contributed by atoms with E-state index in [4.69, 9.17) is 0 Å². The molecule has 0 aromatic heterocycles. The number of rotatable bonds is 3. The summed E-state index contributed by atoms with van der Waals surface area (Å²) in [5.74, 6) is -0.988. The predicted octanol–water partition coefficient (Wildman–Crippen LogP) is 3.93. The highest BCUT2D eigenvalue weighted by molar-refractivity contribution is 6.20. The van der Waals surface area contributed by atoms with Gasteiger partial charge in [-0.2, -0.15) is 18.7 Å². The van der Waals surface area contributed by atoms with Gasteiger partial charge >= 0.3 is 6.18 Å². The van der Waals surface area contributed by atoms with Crippen LogP contribution in [0, 0.1) is 0 Å². The lowest BCUT2D eigenvalue weighted by molar-refractivity contribution is -0.135. The summed E-state index contributed by atoms with van der Waals surface area (Å²) in [7, 11) is 0. The number of benzene rings is 2. The first kappa shape index (κ1) is 21.3. The minimum atomic E-state index is -4.60. The van der Waals surface area contributed by atoms with Crippen LogP contribution in [-0.4, -0.2) is 35.7 Å². The normalized spacial score (nSPS) is 16.3. The fourth-order valence-electron chi connectivity index (χ4n) is 2.68. The molecular weight excluding hydrogens is 371 g/mol. The molecule has 0 unspecified atom stereocenters. The van der Waals surface area contributed by atoms with Crippen molar-refractivity contribution < 1.29 is 23.2 Å². The molecule has 0 aliphatic carbocycles. The zero-order valence-electron chi connectivity index (χ0n) is 15.1. The van der Waals surface area contributed by atoms with Gasteiger partial charge in [0.05, 0.1) is 11.4 Å². The Bertz CT molecular complexity index is 851. The van der Waals surface area contributed by atoms with E-state index in [1.807, 2.05) is 6.92 Å². The topological polar surface area (TPSA) is 64.9 Å². The van der Waals surface area contributed by atoms with E-state index in [-0.39, 0.29) is 5.69 Å². The van der Waals surface area contributed by atoms with Crippen molar-refractivity contribution in [3.63, 3.8) is 0 Å². The van der Waals surface area contributed by atoms with Crippen LogP contribution in [0.4, 0.5) is 18.9 Å². The van der Waals surface area contributed by atoms with E-state index in [9.17, 15) is 23.2 Å². The van der Waals surface area contributed by atoms with E-state index in [1.54, 1.807) is 60.1 Å². The van der Waals surface area contributed by atoms with Gasteiger partial charge in [-0.3, -0.25) is 14.7 Å². The number of benzodiazepines with no additional fused rings is 1. The molecule has 3 rings (SSSR count). The van der Waals surface area contributed by atoms with Gasteiger partial charge in [0.15, 0.2) is 0 Å². The van der Waals surface area contributed by atoms with Crippen molar-refractivity contribution in [1.29, 1.82) is 0 Å². The van der Waals surface area contributed by atoms with Gasteiger partial charge in [0.25, 0.3) is 5.91 Å². The molecule has 0 radical (unpaired) electrons. The van der Waals surface area contributed by atoms with E-state index < -0.39 is 24.8 Å². The van der Waals surface area contributed by atoms with Crippen LogP contribution < -0.4 is 10.4 Å². The maximum atomic E-state index is 13.0. The minimum Gasteiger partial charge on any atom is -0.314 e. The number of aliphatic imine (C=N–C) groups is 1. The number of nitrogens with one attached hydrogen (secondary N) is 1.